The van der Waals surface area contributed by atoms with Crippen LogP contribution >= 0.6 is 22.6 Å². The van der Waals surface area contributed by atoms with Crippen LogP contribution in [0.15, 0.2) is 48.5 Å². The summed E-state index contributed by atoms with van der Waals surface area (Å²) >= 11 is 2.20. The number of sulfonamides is 1. The van der Waals surface area contributed by atoms with E-state index in [9.17, 15) is 13.2 Å². The van der Waals surface area contributed by atoms with Crippen molar-refractivity contribution in [2.24, 2.45) is 0 Å². The van der Waals surface area contributed by atoms with Gasteiger partial charge in [0.05, 0.1) is 11.9 Å². The summed E-state index contributed by atoms with van der Waals surface area (Å²) in [5, 5.41) is 2.81. The lowest BCUT2D eigenvalue weighted by Gasteiger charge is -2.28. The van der Waals surface area contributed by atoms with Crippen molar-refractivity contribution in [1.29, 1.82) is 0 Å². The molecule has 1 amide bonds. The van der Waals surface area contributed by atoms with E-state index in [2.05, 4.69) is 27.9 Å². The summed E-state index contributed by atoms with van der Waals surface area (Å²) in [6.45, 7) is 3.47. The molecular weight excluding hydrogens is 439 g/mol. The topological polar surface area (TPSA) is 66.5 Å². The van der Waals surface area contributed by atoms with Gasteiger partial charge in [-0.1, -0.05) is 18.2 Å². The molecule has 0 heterocycles. The molecule has 0 fully saturated rings. The molecule has 1 atom stereocenters. The van der Waals surface area contributed by atoms with Gasteiger partial charge in [-0.2, -0.15) is 0 Å². The van der Waals surface area contributed by atoms with E-state index in [-0.39, 0.29) is 5.91 Å². The average molecular weight is 458 g/mol. The van der Waals surface area contributed by atoms with Crippen LogP contribution in [0, 0.1) is 10.5 Å². The second-order valence-corrected chi connectivity index (χ2v) is 8.62. The smallest absolute Gasteiger partial charge is 0.248 e. The number of nitrogens with zero attached hydrogens (tertiary/aromatic N) is 1. The second-order valence-electron chi connectivity index (χ2n) is 5.52. The highest BCUT2D eigenvalue weighted by Crippen LogP contribution is 2.22. The van der Waals surface area contributed by atoms with Crippen LogP contribution in [-0.2, 0) is 14.8 Å². The molecule has 0 aliphatic carbocycles. The first kappa shape index (κ1) is 18.7. The third-order valence-electron chi connectivity index (χ3n) is 3.55. The van der Waals surface area contributed by atoms with Crippen LogP contribution in [0.1, 0.15) is 12.5 Å². The lowest BCUT2D eigenvalue weighted by Crippen LogP contribution is -2.45. The minimum atomic E-state index is -3.60. The third-order valence-corrected chi connectivity index (χ3v) is 5.46. The van der Waals surface area contributed by atoms with Crippen LogP contribution in [0.4, 0.5) is 11.4 Å². The Labute approximate surface area is 156 Å². The number of hydrogen-bond acceptors (Lipinski definition) is 3. The summed E-state index contributed by atoms with van der Waals surface area (Å²) in [7, 11) is -3.60. The van der Waals surface area contributed by atoms with Crippen molar-refractivity contribution < 1.29 is 13.2 Å². The summed E-state index contributed by atoms with van der Waals surface area (Å²) in [5.74, 6) is -0.381. The number of carbonyl (C=O) groups excluding carboxylic acids is 1. The van der Waals surface area contributed by atoms with Gasteiger partial charge in [0.25, 0.3) is 0 Å². The molecule has 2 aromatic rings. The Hall–Kier alpha value is -1.61. The number of aryl methyl sites for hydroxylation is 1. The lowest BCUT2D eigenvalue weighted by molar-refractivity contribution is -0.116. The van der Waals surface area contributed by atoms with Gasteiger partial charge in [0.2, 0.25) is 15.9 Å². The molecule has 128 valence electrons. The standard InChI is InChI=1S/C17H19IN2O3S/c1-12-11-14(18)9-10-16(12)19-17(21)13(2)20(24(3,22)23)15-7-5-4-6-8-15/h4-11,13H,1-3H3,(H,19,21)/t13-/m0/s1. The first-order valence-electron chi connectivity index (χ1n) is 7.31. The van der Waals surface area contributed by atoms with Crippen LogP contribution in [0.3, 0.4) is 0 Å². The second kappa shape index (κ2) is 7.52. The maximum atomic E-state index is 12.6. The van der Waals surface area contributed by atoms with Crippen molar-refractivity contribution in [3.05, 3.63) is 57.7 Å². The third kappa shape index (κ3) is 4.47. The first-order valence-corrected chi connectivity index (χ1v) is 10.2. The Balaban J connectivity index is 2.29. The van der Waals surface area contributed by atoms with E-state index >= 15 is 0 Å². The molecule has 0 aliphatic rings. The zero-order chi connectivity index (χ0) is 17.9. The van der Waals surface area contributed by atoms with Crippen LogP contribution < -0.4 is 9.62 Å². The fourth-order valence-electron chi connectivity index (χ4n) is 2.39. The van der Waals surface area contributed by atoms with Crippen molar-refractivity contribution in [3.8, 4) is 0 Å². The van der Waals surface area contributed by atoms with Crippen LogP contribution in [0.2, 0.25) is 0 Å². The van der Waals surface area contributed by atoms with Crippen molar-refractivity contribution in [3.63, 3.8) is 0 Å². The van der Waals surface area contributed by atoms with Crippen LogP contribution in [0.5, 0.6) is 0 Å². The summed E-state index contributed by atoms with van der Waals surface area (Å²) in [4.78, 5) is 12.6. The fourth-order valence-corrected chi connectivity index (χ4v) is 4.21. The predicted molar refractivity (Wildman–Crippen MR) is 106 cm³/mol. The Morgan fingerprint density at radius 2 is 1.79 bits per heavy atom. The van der Waals surface area contributed by atoms with Crippen LogP contribution in [0.25, 0.3) is 0 Å². The molecule has 0 bridgehead atoms. The maximum absolute atomic E-state index is 12.6. The number of amides is 1. The maximum Gasteiger partial charge on any atom is 0.248 e. The van der Waals surface area contributed by atoms with Gasteiger partial charge in [0.1, 0.15) is 6.04 Å². The molecular formula is C17H19IN2O3S. The number of nitrogens with one attached hydrogen (secondary N) is 1. The van der Waals surface area contributed by atoms with E-state index in [1.807, 2.05) is 25.1 Å². The highest BCUT2D eigenvalue weighted by Gasteiger charge is 2.29. The predicted octanol–water partition coefficient (Wildman–Crippen LogP) is 3.39. The Bertz CT molecular complexity index is 838. The van der Waals surface area contributed by atoms with E-state index in [1.165, 1.54) is 0 Å². The van der Waals surface area contributed by atoms with E-state index in [0.29, 0.717) is 11.4 Å². The molecule has 0 saturated heterocycles. The van der Waals surface area contributed by atoms with E-state index in [4.69, 9.17) is 0 Å². The molecule has 24 heavy (non-hydrogen) atoms. The summed E-state index contributed by atoms with van der Waals surface area (Å²) in [6.07, 6.45) is 1.10. The van der Waals surface area contributed by atoms with Gasteiger partial charge in [-0.05, 0) is 72.3 Å². The monoisotopic (exact) mass is 458 g/mol. The van der Waals surface area contributed by atoms with Gasteiger partial charge in [-0.15, -0.1) is 0 Å². The molecule has 7 heteroatoms. The minimum absolute atomic E-state index is 0.381. The first-order chi connectivity index (χ1) is 11.2. The Kier molecular flexibility index (Phi) is 5.87. The summed E-state index contributed by atoms with van der Waals surface area (Å²) in [5.41, 5.74) is 2.06. The van der Waals surface area contributed by atoms with Gasteiger partial charge in [0.15, 0.2) is 0 Å². The molecule has 0 saturated carbocycles. The van der Waals surface area contributed by atoms with E-state index < -0.39 is 16.1 Å². The van der Waals surface area contributed by atoms with Crippen molar-refractivity contribution >= 4 is 49.9 Å². The Morgan fingerprint density at radius 1 is 1.17 bits per heavy atom. The molecule has 1 N–H and O–H groups in total. The fraction of sp³-hybridized carbons (Fsp3) is 0.235. The van der Waals surface area contributed by atoms with Crippen molar-refractivity contribution in [2.45, 2.75) is 19.9 Å². The average Bonchev–Trinajstić information content (AvgIpc) is 2.49. The number of halogens is 1. The molecule has 0 aromatic heterocycles. The molecule has 0 radical (unpaired) electrons. The zero-order valence-corrected chi connectivity index (χ0v) is 16.6. The molecule has 2 rings (SSSR count). The van der Waals surface area contributed by atoms with Crippen molar-refractivity contribution in [2.75, 3.05) is 15.9 Å². The van der Waals surface area contributed by atoms with Gasteiger partial charge in [0, 0.05) is 9.26 Å². The van der Waals surface area contributed by atoms with Crippen LogP contribution in [-0.4, -0.2) is 26.6 Å². The Morgan fingerprint density at radius 3 is 2.33 bits per heavy atom. The molecule has 0 spiro atoms. The van der Waals surface area contributed by atoms with Gasteiger partial charge in [-0.25, -0.2) is 8.42 Å². The summed E-state index contributed by atoms with van der Waals surface area (Å²) in [6, 6.07) is 13.4. The molecule has 0 unspecified atom stereocenters. The number of rotatable bonds is 5. The molecule has 0 aliphatic heterocycles. The van der Waals surface area contributed by atoms with Crippen molar-refractivity contribution in [1.82, 2.24) is 0 Å². The normalized spacial score (nSPS) is 12.5. The zero-order valence-electron chi connectivity index (χ0n) is 13.7. The number of carbonyl (C=O) groups is 1. The number of benzene rings is 2. The van der Waals surface area contributed by atoms with E-state index in [0.717, 1.165) is 19.7 Å². The van der Waals surface area contributed by atoms with Gasteiger partial charge < -0.3 is 5.32 Å². The largest absolute Gasteiger partial charge is 0.324 e. The molecule has 5 nitrogen and oxygen atoms in total. The highest BCUT2D eigenvalue weighted by atomic mass is 127. The SMILES string of the molecule is Cc1cc(I)ccc1NC(=O)[C@H](C)N(c1ccccc1)S(C)(=O)=O. The van der Waals surface area contributed by atoms with Gasteiger partial charge in [-0.3, -0.25) is 9.10 Å². The van der Waals surface area contributed by atoms with E-state index in [1.54, 1.807) is 37.3 Å². The quantitative estimate of drug-likeness (QED) is 0.699. The van der Waals surface area contributed by atoms with Gasteiger partial charge >= 0.3 is 0 Å². The summed E-state index contributed by atoms with van der Waals surface area (Å²) < 4.78 is 26.6. The molecule has 2 aromatic carbocycles. The highest BCUT2D eigenvalue weighted by molar-refractivity contribution is 14.1. The minimum Gasteiger partial charge on any atom is -0.324 e. The number of para-hydroxylation sites is 1. The number of anilines is 2. The lowest BCUT2D eigenvalue weighted by atomic mass is 10.2. The number of hydrogen-bond donors (Lipinski definition) is 1.